The predicted molar refractivity (Wildman–Crippen MR) is 108 cm³/mol. The number of carbonyl (C=O) groups is 1. The number of hydrogen-bond acceptors (Lipinski definition) is 6. The highest BCUT2D eigenvalue weighted by atomic mass is 32.2. The minimum Gasteiger partial charge on any atom is -0.441 e. The van der Waals surface area contributed by atoms with Crippen molar-refractivity contribution in [2.75, 3.05) is 31.2 Å². The topological polar surface area (TPSA) is 67.1 Å². The van der Waals surface area contributed by atoms with Crippen molar-refractivity contribution in [1.29, 1.82) is 0 Å². The molecule has 0 spiro atoms. The van der Waals surface area contributed by atoms with Crippen LogP contribution in [-0.4, -0.2) is 37.4 Å². The molecule has 0 aliphatic carbocycles. The first kappa shape index (κ1) is 17.9. The van der Waals surface area contributed by atoms with Crippen LogP contribution in [0.5, 0.6) is 0 Å². The molecule has 27 heavy (non-hydrogen) atoms. The molecule has 2 aliphatic heterocycles. The van der Waals surface area contributed by atoms with Gasteiger partial charge in [0.1, 0.15) is 5.76 Å². The summed E-state index contributed by atoms with van der Waals surface area (Å²) in [5, 5.41) is 3.41. The molecule has 2 aromatic rings. The number of aliphatic imine (C=N–C) groups is 1. The van der Waals surface area contributed by atoms with Crippen molar-refractivity contribution >= 4 is 40.5 Å². The highest BCUT2D eigenvalue weighted by molar-refractivity contribution is 8.18. The Morgan fingerprint density at radius 2 is 2.00 bits per heavy atom. The van der Waals surface area contributed by atoms with Gasteiger partial charge in [-0.05, 0) is 48.9 Å². The van der Waals surface area contributed by atoms with E-state index in [0.717, 1.165) is 30.2 Å². The zero-order chi connectivity index (χ0) is 18.8. The van der Waals surface area contributed by atoms with E-state index in [1.165, 1.54) is 17.3 Å². The molecule has 0 bridgehead atoms. The van der Waals surface area contributed by atoms with Crippen LogP contribution in [-0.2, 0) is 9.53 Å². The number of carbonyl (C=O) groups excluding carboxylic acids is 1. The summed E-state index contributed by atoms with van der Waals surface area (Å²) in [6.07, 6.45) is 1.76. The van der Waals surface area contributed by atoms with E-state index < -0.39 is 0 Å². The number of rotatable bonds is 3. The van der Waals surface area contributed by atoms with Crippen LogP contribution in [0.3, 0.4) is 0 Å². The Hall–Kier alpha value is -2.51. The fourth-order valence-corrected chi connectivity index (χ4v) is 3.76. The summed E-state index contributed by atoms with van der Waals surface area (Å²) < 4.78 is 11.2. The van der Waals surface area contributed by atoms with Crippen LogP contribution in [0, 0.1) is 13.8 Å². The number of amidine groups is 1. The molecule has 1 N–H and O–H groups in total. The van der Waals surface area contributed by atoms with Crippen LogP contribution in [0.2, 0.25) is 0 Å². The fourth-order valence-electron chi connectivity index (χ4n) is 2.95. The van der Waals surface area contributed by atoms with Gasteiger partial charge in [0.15, 0.2) is 11.1 Å². The Balaban J connectivity index is 1.51. The molecule has 2 saturated heterocycles. The number of ether oxygens (including phenoxy) is 1. The quantitative estimate of drug-likeness (QED) is 0.820. The van der Waals surface area contributed by atoms with E-state index in [9.17, 15) is 4.79 Å². The second-order valence-electron chi connectivity index (χ2n) is 6.48. The first-order valence-electron chi connectivity index (χ1n) is 8.88. The molecule has 2 aliphatic rings. The summed E-state index contributed by atoms with van der Waals surface area (Å²) in [7, 11) is 0. The number of anilines is 1. The third-order valence-corrected chi connectivity index (χ3v) is 5.57. The summed E-state index contributed by atoms with van der Waals surface area (Å²) in [4.78, 5) is 19.6. The molecule has 1 amide bonds. The van der Waals surface area contributed by atoms with Crippen molar-refractivity contribution in [3.63, 3.8) is 0 Å². The number of furan rings is 1. The molecule has 4 rings (SSSR count). The lowest BCUT2D eigenvalue weighted by atomic mass is 10.1. The highest BCUT2D eigenvalue weighted by Crippen LogP contribution is 2.31. The van der Waals surface area contributed by atoms with Crippen molar-refractivity contribution in [3.8, 4) is 0 Å². The van der Waals surface area contributed by atoms with Crippen LogP contribution in [0.1, 0.15) is 16.9 Å². The first-order chi connectivity index (χ1) is 13.1. The molecular formula is C20H21N3O3S. The van der Waals surface area contributed by atoms with E-state index >= 15 is 0 Å². The third kappa shape index (κ3) is 3.94. The summed E-state index contributed by atoms with van der Waals surface area (Å²) >= 11 is 1.32. The Kier molecular flexibility index (Phi) is 5.05. The minimum absolute atomic E-state index is 0.159. The maximum Gasteiger partial charge on any atom is 0.264 e. The molecular weight excluding hydrogens is 362 g/mol. The molecule has 140 valence electrons. The lowest BCUT2D eigenvalue weighted by Gasteiger charge is -2.26. The van der Waals surface area contributed by atoms with Crippen molar-refractivity contribution in [3.05, 3.63) is 52.1 Å². The van der Waals surface area contributed by atoms with E-state index in [0.29, 0.717) is 29.0 Å². The van der Waals surface area contributed by atoms with Crippen LogP contribution >= 0.6 is 11.8 Å². The third-order valence-electron chi connectivity index (χ3n) is 4.66. The van der Waals surface area contributed by atoms with Gasteiger partial charge in [0.05, 0.1) is 23.8 Å². The number of nitrogens with zero attached hydrogens (tertiary/aromatic N) is 2. The number of aryl methyl sites for hydroxylation is 1. The van der Waals surface area contributed by atoms with E-state index in [1.807, 2.05) is 44.2 Å². The van der Waals surface area contributed by atoms with Gasteiger partial charge in [-0.15, -0.1) is 0 Å². The van der Waals surface area contributed by atoms with Crippen molar-refractivity contribution in [2.24, 2.45) is 4.99 Å². The van der Waals surface area contributed by atoms with E-state index in [-0.39, 0.29) is 5.91 Å². The average Bonchev–Trinajstić information content (AvgIpc) is 3.27. The van der Waals surface area contributed by atoms with Gasteiger partial charge in [0.25, 0.3) is 5.91 Å². The van der Waals surface area contributed by atoms with Gasteiger partial charge >= 0.3 is 0 Å². The molecule has 0 radical (unpaired) electrons. The number of morpholine rings is 1. The maximum atomic E-state index is 12.3. The number of nitrogens with one attached hydrogen (secondary N) is 1. The molecule has 0 saturated carbocycles. The SMILES string of the molecule is Cc1cccc(N=C2NC(=O)/C(=C/c3ccc(N4CCOCC4)o3)S2)c1C. The molecule has 7 heteroatoms. The largest absolute Gasteiger partial charge is 0.441 e. The van der Waals surface area contributed by atoms with Crippen LogP contribution in [0.25, 0.3) is 6.08 Å². The van der Waals surface area contributed by atoms with E-state index in [1.54, 1.807) is 6.08 Å². The number of hydrogen-bond donors (Lipinski definition) is 1. The molecule has 6 nitrogen and oxygen atoms in total. The second-order valence-corrected chi connectivity index (χ2v) is 7.51. The van der Waals surface area contributed by atoms with Gasteiger partial charge in [0, 0.05) is 25.2 Å². The first-order valence-corrected chi connectivity index (χ1v) is 9.70. The van der Waals surface area contributed by atoms with Gasteiger partial charge in [-0.3, -0.25) is 4.79 Å². The Bertz CT molecular complexity index is 926. The zero-order valence-electron chi connectivity index (χ0n) is 15.3. The summed E-state index contributed by atoms with van der Waals surface area (Å²) in [5.74, 6) is 1.30. The minimum atomic E-state index is -0.159. The molecule has 1 aromatic heterocycles. The van der Waals surface area contributed by atoms with Crippen LogP contribution < -0.4 is 10.2 Å². The van der Waals surface area contributed by atoms with Gasteiger partial charge in [0.2, 0.25) is 0 Å². The van der Waals surface area contributed by atoms with Crippen LogP contribution in [0.15, 0.2) is 44.6 Å². The summed E-state index contributed by atoms with van der Waals surface area (Å²) in [5.41, 5.74) is 3.15. The number of thioether (sulfide) groups is 1. The zero-order valence-corrected chi connectivity index (χ0v) is 16.1. The molecule has 0 unspecified atom stereocenters. The van der Waals surface area contributed by atoms with Crippen molar-refractivity contribution < 1.29 is 13.9 Å². The van der Waals surface area contributed by atoms with Crippen molar-refractivity contribution in [1.82, 2.24) is 5.32 Å². The second kappa shape index (κ2) is 7.62. The number of amides is 1. The molecule has 3 heterocycles. The van der Waals surface area contributed by atoms with Gasteiger partial charge in [-0.2, -0.15) is 0 Å². The Morgan fingerprint density at radius 3 is 2.81 bits per heavy atom. The van der Waals surface area contributed by atoms with Gasteiger partial charge in [-0.1, -0.05) is 12.1 Å². The number of benzene rings is 1. The highest BCUT2D eigenvalue weighted by Gasteiger charge is 2.25. The normalized spacial score (nSPS) is 20.5. The summed E-state index contributed by atoms with van der Waals surface area (Å²) in [6.45, 7) is 7.11. The van der Waals surface area contributed by atoms with Gasteiger partial charge in [-0.25, -0.2) is 4.99 Å². The standard InChI is InChI=1S/C20H21N3O3S/c1-13-4-3-5-16(14(13)2)21-20-22-19(24)17(27-20)12-15-6-7-18(26-15)23-8-10-25-11-9-23/h3-7,12H,8-11H2,1-2H3,(H,21,22,24)/b17-12-. The average molecular weight is 383 g/mol. The molecule has 1 aromatic carbocycles. The van der Waals surface area contributed by atoms with Crippen LogP contribution in [0.4, 0.5) is 11.6 Å². The lowest BCUT2D eigenvalue weighted by molar-refractivity contribution is -0.115. The molecule has 2 fully saturated rings. The summed E-state index contributed by atoms with van der Waals surface area (Å²) in [6, 6.07) is 9.78. The predicted octanol–water partition coefficient (Wildman–Crippen LogP) is 3.62. The van der Waals surface area contributed by atoms with Crippen molar-refractivity contribution in [2.45, 2.75) is 13.8 Å². The monoisotopic (exact) mass is 383 g/mol. The Morgan fingerprint density at radius 1 is 1.19 bits per heavy atom. The van der Waals surface area contributed by atoms with E-state index in [2.05, 4.69) is 15.2 Å². The van der Waals surface area contributed by atoms with Gasteiger partial charge < -0.3 is 19.4 Å². The maximum absolute atomic E-state index is 12.3. The Labute approximate surface area is 162 Å². The lowest BCUT2D eigenvalue weighted by Crippen LogP contribution is -2.35. The van der Waals surface area contributed by atoms with E-state index in [4.69, 9.17) is 9.15 Å². The molecule has 0 atom stereocenters. The fraction of sp³-hybridized carbons (Fsp3) is 0.300. The smallest absolute Gasteiger partial charge is 0.264 e.